The van der Waals surface area contributed by atoms with Gasteiger partial charge in [0.25, 0.3) is 5.88 Å². The van der Waals surface area contributed by atoms with Crippen LogP contribution in [0.25, 0.3) is 5.57 Å². The van der Waals surface area contributed by atoms with Gasteiger partial charge in [-0.3, -0.25) is 4.99 Å². The van der Waals surface area contributed by atoms with E-state index < -0.39 is 0 Å². The molecule has 2 aromatic rings. The van der Waals surface area contributed by atoms with E-state index in [9.17, 15) is 0 Å². The minimum Gasteiger partial charge on any atom is -0.478 e. The molecule has 1 aliphatic rings. The standard InChI is InChI=1S/C19H20N2O2/c1-12-7-5-6-8-16(12)23-17-9-15(11-21-19(17)22-4)18-13(2)10-20-14(18)3/h5-9,11H,10H2,1-4H3. The van der Waals surface area contributed by atoms with E-state index in [0.29, 0.717) is 11.6 Å². The number of methoxy groups -OCH3 is 1. The van der Waals surface area contributed by atoms with Crippen LogP contribution in [-0.4, -0.2) is 24.4 Å². The molecule has 23 heavy (non-hydrogen) atoms. The molecule has 1 aliphatic heterocycles. The molecule has 4 heteroatoms. The van der Waals surface area contributed by atoms with Gasteiger partial charge in [0.2, 0.25) is 0 Å². The summed E-state index contributed by atoms with van der Waals surface area (Å²) in [5, 5.41) is 0. The monoisotopic (exact) mass is 308 g/mol. The van der Waals surface area contributed by atoms with Crippen LogP contribution in [0.3, 0.4) is 0 Å². The predicted molar refractivity (Wildman–Crippen MR) is 92.6 cm³/mol. The Morgan fingerprint density at radius 2 is 1.83 bits per heavy atom. The fourth-order valence-electron chi connectivity index (χ4n) is 2.74. The highest BCUT2D eigenvalue weighted by atomic mass is 16.5. The van der Waals surface area contributed by atoms with Crippen LogP contribution in [0.5, 0.6) is 17.4 Å². The molecule has 0 saturated heterocycles. The Bertz CT molecular complexity index is 807. The maximum atomic E-state index is 6.05. The van der Waals surface area contributed by atoms with Gasteiger partial charge >= 0.3 is 0 Å². The molecular formula is C19H20N2O2. The molecule has 1 aromatic carbocycles. The number of aromatic nitrogens is 1. The molecule has 118 valence electrons. The normalized spacial score (nSPS) is 14.0. The molecule has 4 nitrogen and oxygen atoms in total. The molecule has 0 N–H and O–H groups in total. The van der Waals surface area contributed by atoms with E-state index in [1.807, 2.05) is 50.4 Å². The summed E-state index contributed by atoms with van der Waals surface area (Å²) < 4.78 is 11.4. The molecule has 0 bridgehead atoms. The van der Waals surface area contributed by atoms with E-state index in [0.717, 1.165) is 34.7 Å². The van der Waals surface area contributed by atoms with Gasteiger partial charge in [0.05, 0.1) is 13.7 Å². The van der Waals surface area contributed by atoms with Crippen molar-refractivity contribution in [1.29, 1.82) is 0 Å². The number of ether oxygens (including phenoxy) is 2. The molecule has 1 aromatic heterocycles. The first-order chi connectivity index (χ1) is 11.1. The summed E-state index contributed by atoms with van der Waals surface area (Å²) in [6, 6.07) is 9.86. The molecule has 2 heterocycles. The van der Waals surface area contributed by atoms with Crippen molar-refractivity contribution in [1.82, 2.24) is 4.98 Å². The molecule has 0 amide bonds. The van der Waals surface area contributed by atoms with Crippen LogP contribution < -0.4 is 9.47 Å². The second kappa shape index (κ2) is 6.24. The minimum atomic E-state index is 0.475. The van der Waals surface area contributed by atoms with Crippen LogP contribution in [0.1, 0.15) is 25.0 Å². The average Bonchev–Trinajstić information content (AvgIpc) is 2.88. The molecule has 0 fully saturated rings. The van der Waals surface area contributed by atoms with Crippen molar-refractivity contribution in [2.45, 2.75) is 20.8 Å². The van der Waals surface area contributed by atoms with Crippen LogP contribution in [0, 0.1) is 6.92 Å². The van der Waals surface area contributed by atoms with Crippen molar-refractivity contribution in [3.8, 4) is 17.4 Å². The van der Waals surface area contributed by atoms with E-state index in [4.69, 9.17) is 9.47 Å². The van der Waals surface area contributed by atoms with Gasteiger partial charge in [-0.25, -0.2) is 4.98 Å². The van der Waals surface area contributed by atoms with E-state index in [1.54, 1.807) is 7.11 Å². The molecule has 0 unspecified atom stereocenters. The number of para-hydroxylation sites is 1. The maximum absolute atomic E-state index is 6.05. The van der Waals surface area contributed by atoms with E-state index in [1.165, 1.54) is 5.57 Å². The largest absolute Gasteiger partial charge is 0.478 e. The van der Waals surface area contributed by atoms with Crippen molar-refractivity contribution < 1.29 is 9.47 Å². The van der Waals surface area contributed by atoms with Gasteiger partial charge in [-0.2, -0.15) is 0 Å². The smallest absolute Gasteiger partial charge is 0.257 e. The number of aryl methyl sites for hydroxylation is 1. The molecule has 0 radical (unpaired) electrons. The number of rotatable bonds is 4. The van der Waals surface area contributed by atoms with Gasteiger partial charge in [-0.1, -0.05) is 18.2 Å². The number of allylic oxidation sites excluding steroid dienone is 1. The summed E-state index contributed by atoms with van der Waals surface area (Å²) in [4.78, 5) is 8.89. The van der Waals surface area contributed by atoms with Crippen molar-refractivity contribution in [3.05, 3.63) is 53.2 Å². The highest BCUT2D eigenvalue weighted by Crippen LogP contribution is 2.35. The predicted octanol–water partition coefficient (Wildman–Crippen LogP) is 4.44. The van der Waals surface area contributed by atoms with Crippen LogP contribution in [0.15, 0.2) is 47.1 Å². The number of hydrogen-bond acceptors (Lipinski definition) is 4. The minimum absolute atomic E-state index is 0.475. The van der Waals surface area contributed by atoms with Gasteiger partial charge in [0.1, 0.15) is 5.75 Å². The van der Waals surface area contributed by atoms with Gasteiger partial charge in [0.15, 0.2) is 5.75 Å². The summed E-state index contributed by atoms with van der Waals surface area (Å²) >= 11 is 0. The summed E-state index contributed by atoms with van der Waals surface area (Å²) in [6.07, 6.45) is 1.81. The number of aliphatic imine (C=N–C) groups is 1. The average molecular weight is 308 g/mol. The zero-order valence-electron chi connectivity index (χ0n) is 13.9. The SMILES string of the molecule is COc1ncc(C2=C(C)CN=C2C)cc1Oc1ccccc1C. The Labute approximate surface area is 136 Å². The highest BCUT2D eigenvalue weighted by molar-refractivity contribution is 6.25. The lowest BCUT2D eigenvalue weighted by Crippen LogP contribution is -1.99. The zero-order chi connectivity index (χ0) is 16.4. The molecule has 0 atom stereocenters. The molecule has 0 spiro atoms. The number of benzene rings is 1. The van der Waals surface area contributed by atoms with Crippen LogP contribution in [0.4, 0.5) is 0 Å². The third-order valence-corrected chi connectivity index (χ3v) is 3.96. The first-order valence-electron chi connectivity index (χ1n) is 7.59. The summed E-state index contributed by atoms with van der Waals surface area (Å²) in [7, 11) is 1.60. The third-order valence-electron chi connectivity index (χ3n) is 3.96. The van der Waals surface area contributed by atoms with E-state index in [-0.39, 0.29) is 0 Å². The van der Waals surface area contributed by atoms with Crippen LogP contribution in [0.2, 0.25) is 0 Å². The van der Waals surface area contributed by atoms with Crippen LogP contribution in [-0.2, 0) is 0 Å². The first-order valence-corrected chi connectivity index (χ1v) is 7.59. The van der Waals surface area contributed by atoms with Gasteiger partial charge in [0, 0.05) is 23.0 Å². The van der Waals surface area contributed by atoms with Gasteiger partial charge in [-0.15, -0.1) is 0 Å². The second-order valence-corrected chi connectivity index (χ2v) is 5.66. The molecule has 0 aliphatic carbocycles. The third kappa shape index (κ3) is 2.97. The second-order valence-electron chi connectivity index (χ2n) is 5.66. The van der Waals surface area contributed by atoms with Crippen molar-refractivity contribution in [3.63, 3.8) is 0 Å². The number of pyridine rings is 1. The maximum Gasteiger partial charge on any atom is 0.257 e. The highest BCUT2D eigenvalue weighted by Gasteiger charge is 2.18. The van der Waals surface area contributed by atoms with Crippen molar-refractivity contribution in [2.75, 3.05) is 13.7 Å². The lowest BCUT2D eigenvalue weighted by atomic mass is 10.0. The number of hydrogen-bond donors (Lipinski definition) is 0. The summed E-state index contributed by atoms with van der Waals surface area (Å²) in [5.74, 6) is 1.88. The lowest BCUT2D eigenvalue weighted by molar-refractivity contribution is 0.363. The molecular weight excluding hydrogens is 288 g/mol. The first kappa shape index (κ1) is 15.3. The zero-order valence-corrected chi connectivity index (χ0v) is 13.9. The summed E-state index contributed by atoms with van der Waals surface area (Å²) in [5.41, 5.74) is 5.50. The van der Waals surface area contributed by atoms with E-state index in [2.05, 4.69) is 16.9 Å². The quantitative estimate of drug-likeness (QED) is 0.838. The Balaban J connectivity index is 2.03. The molecule has 3 rings (SSSR count). The van der Waals surface area contributed by atoms with E-state index >= 15 is 0 Å². The topological polar surface area (TPSA) is 43.7 Å². The van der Waals surface area contributed by atoms with Crippen molar-refractivity contribution >= 4 is 11.3 Å². The fraction of sp³-hybridized carbons (Fsp3) is 0.263. The molecule has 0 saturated carbocycles. The van der Waals surface area contributed by atoms with Gasteiger partial charge in [-0.05, 0) is 44.0 Å². The Morgan fingerprint density at radius 1 is 1.04 bits per heavy atom. The lowest BCUT2D eigenvalue weighted by Gasteiger charge is -2.13. The van der Waals surface area contributed by atoms with Crippen molar-refractivity contribution in [2.24, 2.45) is 4.99 Å². The fourth-order valence-corrected chi connectivity index (χ4v) is 2.74. The Hall–Kier alpha value is -2.62. The summed E-state index contributed by atoms with van der Waals surface area (Å²) in [6.45, 7) is 6.89. The van der Waals surface area contributed by atoms with Crippen LogP contribution >= 0.6 is 0 Å². The number of nitrogens with zero attached hydrogens (tertiary/aromatic N) is 2. The Morgan fingerprint density at radius 3 is 2.48 bits per heavy atom. The van der Waals surface area contributed by atoms with Gasteiger partial charge < -0.3 is 9.47 Å². The Kier molecular flexibility index (Phi) is 4.15.